The topological polar surface area (TPSA) is 57.8 Å². The number of para-hydroxylation sites is 1. The Balaban J connectivity index is 1.73. The number of aromatic nitrogens is 2. The summed E-state index contributed by atoms with van der Waals surface area (Å²) in [6.45, 7) is 1.41. The fourth-order valence-corrected chi connectivity index (χ4v) is 2.62. The zero-order valence-electron chi connectivity index (χ0n) is 10.2. The van der Waals surface area contributed by atoms with Gasteiger partial charge < -0.3 is 10.3 Å². The van der Waals surface area contributed by atoms with Crippen LogP contribution in [0.3, 0.4) is 0 Å². The molecule has 0 fully saturated rings. The molecule has 96 valence electrons. The van der Waals surface area contributed by atoms with E-state index in [0.717, 1.165) is 23.1 Å². The smallest absolute Gasteiger partial charge is 0.304 e. The van der Waals surface area contributed by atoms with Crippen molar-refractivity contribution in [2.24, 2.45) is 0 Å². The monoisotopic (exact) mass is 271 g/mol. The first-order valence-corrected chi connectivity index (χ1v) is 6.91. The molecule has 0 aliphatic carbocycles. The highest BCUT2D eigenvalue weighted by atomic mass is 32.1. The Morgan fingerprint density at radius 1 is 1.21 bits per heavy atom. The molecule has 0 bridgehead atoms. The zero-order valence-corrected chi connectivity index (χ0v) is 11.0. The van der Waals surface area contributed by atoms with Crippen molar-refractivity contribution in [3.63, 3.8) is 0 Å². The van der Waals surface area contributed by atoms with E-state index in [1.54, 1.807) is 0 Å². The van der Waals surface area contributed by atoms with Gasteiger partial charge in [-0.05, 0) is 17.7 Å². The third kappa shape index (κ3) is 2.72. The Labute approximate surface area is 114 Å². The van der Waals surface area contributed by atoms with E-state index in [9.17, 15) is 4.79 Å². The molecule has 0 saturated carbocycles. The number of nitrogens with zero attached hydrogens (tertiary/aromatic N) is 1. The molecule has 2 N–H and O–H groups in total. The van der Waals surface area contributed by atoms with Gasteiger partial charge in [0.15, 0.2) is 0 Å². The summed E-state index contributed by atoms with van der Waals surface area (Å²) in [5, 5.41) is 6.34. The lowest BCUT2D eigenvalue weighted by Crippen LogP contribution is -2.14. The Hall–Kier alpha value is -1.98. The maximum atomic E-state index is 11.0. The molecule has 0 atom stereocenters. The third-order valence-corrected chi connectivity index (χ3v) is 3.66. The lowest BCUT2D eigenvalue weighted by Gasteiger charge is -2.06. The van der Waals surface area contributed by atoms with Crippen LogP contribution in [0.2, 0.25) is 0 Å². The molecule has 4 nitrogen and oxygen atoms in total. The van der Waals surface area contributed by atoms with Gasteiger partial charge >= 0.3 is 4.87 Å². The van der Waals surface area contributed by atoms with Crippen molar-refractivity contribution in [1.29, 1.82) is 0 Å². The predicted molar refractivity (Wildman–Crippen MR) is 77.2 cm³/mol. The second-order valence-electron chi connectivity index (χ2n) is 4.26. The van der Waals surface area contributed by atoms with Crippen molar-refractivity contribution < 1.29 is 0 Å². The molecule has 2 heterocycles. The summed E-state index contributed by atoms with van der Waals surface area (Å²) in [5.41, 5.74) is 3.14. The highest BCUT2D eigenvalue weighted by molar-refractivity contribution is 7.07. The summed E-state index contributed by atoms with van der Waals surface area (Å²) in [7, 11) is 0. The van der Waals surface area contributed by atoms with E-state index in [1.807, 2.05) is 35.8 Å². The molecule has 0 unspecified atom stereocenters. The van der Waals surface area contributed by atoms with Gasteiger partial charge in [-0.25, -0.2) is 0 Å². The van der Waals surface area contributed by atoms with Crippen LogP contribution in [0.5, 0.6) is 0 Å². The number of benzene rings is 1. The largest absolute Gasteiger partial charge is 0.315 e. The summed E-state index contributed by atoms with van der Waals surface area (Å²) in [5.74, 6) is 0. The molecule has 0 radical (unpaired) electrons. The van der Waals surface area contributed by atoms with E-state index in [-0.39, 0.29) is 4.87 Å². The van der Waals surface area contributed by atoms with Crippen LogP contribution >= 0.6 is 11.3 Å². The quantitative estimate of drug-likeness (QED) is 0.765. The highest BCUT2D eigenvalue weighted by Crippen LogP contribution is 2.15. The van der Waals surface area contributed by atoms with Crippen molar-refractivity contribution in [3.05, 3.63) is 62.8 Å². The van der Waals surface area contributed by atoms with E-state index in [2.05, 4.69) is 21.4 Å². The fourth-order valence-electron chi connectivity index (χ4n) is 2.04. The van der Waals surface area contributed by atoms with Gasteiger partial charge in [0.05, 0.1) is 5.52 Å². The number of thiazole rings is 1. The molecule has 19 heavy (non-hydrogen) atoms. The molecule has 3 aromatic rings. The van der Waals surface area contributed by atoms with E-state index < -0.39 is 0 Å². The summed E-state index contributed by atoms with van der Waals surface area (Å²) < 4.78 is 0. The number of pyridine rings is 1. The molecule has 0 amide bonds. The van der Waals surface area contributed by atoms with Gasteiger partial charge in [0.1, 0.15) is 0 Å². The molecular formula is C14H13N3OS. The molecule has 1 aromatic carbocycles. The van der Waals surface area contributed by atoms with E-state index in [0.29, 0.717) is 6.54 Å². The number of H-pyrrole nitrogens is 1. The van der Waals surface area contributed by atoms with Crippen LogP contribution in [0.1, 0.15) is 11.3 Å². The fraction of sp³-hybridized carbons (Fsp3) is 0.143. The van der Waals surface area contributed by atoms with E-state index >= 15 is 0 Å². The molecule has 5 heteroatoms. The van der Waals surface area contributed by atoms with Crippen molar-refractivity contribution >= 4 is 22.2 Å². The van der Waals surface area contributed by atoms with Crippen LogP contribution in [0.15, 0.2) is 46.7 Å². The van der Waals surface area contributed by atoms with Crippen LogP contribution in [0, 0.1) is 0 Å². The number of nitrogens with one attached hydrogen (secondary N) is 2. The number of fused-ring (bicyclic) bond motifs is 1. The molecular weight excluding hydrogens is 258 g/mol. The minimum Gasteiger partial charge on any atom is -0.315 e. The van der Waals surface area contributed by atoms with E-state index in [1.165, 1.54) is 16.9 Å². The maximum Gasteiger partial charge on any atom is 0.304 e. The molecule has 0 aliphatic heterocycles. The number of hydrogen-bond donors (Lipinski definition) is 2. The van der Waals surface area contributed by atoms with Crippen LogP contribution in [0.25, 0.3) is 10.9 Å². The SMILES string of the molecule is O=c1[nH]c(CNCc2ccnc3ccccc23)cs1. The van der Waals surface area contributed by atoms with Gasteiger partial charge in [0, 0.05) is 35.7 Å². The average Bonchev–Trinajstić information content (AvgIpc) is 2.85. The minimum absolute atomic E-state index is 0.00818. The van der Waals surface area contributed by atoms with Gasteiger partial charge in [0.2, 0.25) is 0 Å². The summed E-state index contributed by atoms with van der Waals surface area (Å²) >= 11 is 1.19. The molecule has 0 aliphatic rings. The zero-order chi connectivity index (χ0) is 13.1. The Bertz CT molecular complexity index is 742. The second-order valence-corrected chi connectivity index (χ2v) is 5.11. The lowest BCUT2D eigenvalue weighted by molar-refractivity contribution is 0.684. The lowest BCUT2D eigenvalue weighted by atomic mass is 10.1. The number of aromatic amines is 1. The molecule has 3 rings (SSSR count). The summed E-state index contributed by atoms with van der Waals surface area (Å²) in [6, 6.07) is 10.1. The van der Waals surface area contributed by atoms with Crippen LogP contribution < -0.4 is 10.2 Å². The predicted octanol–water partition coefficient (Wildman–Crippen LogP) is 2.27. The average molecular weight is 271 g/mol. The van der Waals surface area contributed by atoms with Crippen molar-refractivity contribution in [3.8, 4) is 0 Å². The third-order valence-electron chi connectivity index (χ3n) is 2.94. The first-order chi connectivity index (χ1) is 9.33. The number of hydrogen-bond acceptors (Lipinski definition) is 4. The second kappa shape index (κ2) is 5.34. The minimum atomic E-state index is -0.00818. The standard InChI is InChI=1S/C14H13N3OS/c18-14-17-11(9-19-14)8-15-7-10-5-6-16-13-4-2-1-3-12(10)13/h1-6,9,15H,7-8H2,(H,17,18). The first-order valence-electron chi connectivity index (χ1n) is 6.03. The Kier molecular flexibility index (Phi) is 3.39. The van der Waals surface area contributed by atoms with Crippen molar-refractivity contribution in [1.82, 2.24) is 15.3 Å². The van der Waals surface area contributed by atoms with Gasteiger partial charge in [-0.1, -0.05) is 29.5 Å². The van der Waals surface area contributed by atoms with Crippen LogP contribution in [-0.2, 0) is 13.1 Å². The molecule has 2 aromatic heterocycles. The molecule has 0 spiro atoms. The van der Waals surface area contributed by atoms with Gasteiger partial charge in [-0.15, -0.1) is 0 Å². The van der Waals surface area contributed by atoms with Gasteiger partial charge in [-0.2, -0.15) is 0 Å². The normalized spacial score (nSPS) is 10.9. The van der Waals surface area contributed by atoms with E-state index in [4.69, 9.17) is 0 Å². The number of rotatable bonds is 4. The first kappa shape index (κ1) is 12.1. The highest BCUT2D eigenvalue weighted by Gasteiger charge is 2.01. The Morgan fingerprint density at radius 2 is 2.11 bits per heavy atom. The summed E-state index contributed by atoms with van der Waals surface area (Å²) in [6.07, 6.45) is 1.83. The van der Waals surface area contributed by atoms with Crippen LogP contribution in [-0.4, -0.2) is 9.97 Å². The maximum absolute atomic E-state index is 11.0. The Morgan fingerprint density at radius 3 is 2.95 bits per heavy atom. The molecule has 0 saturated heterocycles. The van der Waals surface area contributed by atoms with Crippen molar-refractivity contribution in [2.75, 3.05) is 0 Å². The van der Waals surface area contributed by atoms with Gasteiger partial charge in [0.25, 0.3) is 0 Å². The van der Waals surface area contributed by atoms with Crippen molar-refractivity contribution in [2.45, 2.75) is 13.1 Å². The summed E-state index contributed by atoms with van der Waals surface area (Å²) in [4.78, 5) is 18.1. The van der Waals surface area contributed by atoms with Crippen LogP contribution in [0.4, 0.5) is 0 Å². The van der Waals surface area contributed by atoms with Gasteiger partial charge in [-0.3, -0.25) is 9.78 Å².